The van der Waals surface area contributed by atoms with Gasteiger partial charge in [-0.15, -0.1) is 0 Å². The first kappa shape index (κ1) is 14.3. The second-order valence-electron chi connectivity index (χ2n) is 4.07. The number of carbonyl (C=O) groups excluding carboxylic acids is 2. The minimum atomic E-state index is -0.525. The fourth-order valence-electron chi connectivity index (χ4n) is 1.33. The number of amides is 2. The van der Waals surface area contributed by atoms with Crippen LogP contribution >= 0.6 is 11.6 Å². The van der Waals surface area contributed by atoms with Crippen molar-refractivity contribution in [3.05, 3.63) is 28.8 Å². The molecule has 0 saturated carbocycles. The lowest BCUT2D eigenvalue weighted by atomic mass is 10.2. The van der Waals surface area contributed by atoms with E-state index in [1.807, 2.05) is 13.8 Å². The van der Waals surface area contributed by atoms with E-state index >= 15 is 0 Å². The van der Waals surface area contributed by atoms with E-state index in [4.69, 9.17) is 11.6 Å². The Kier molecular flexibility index (Phi) is 4.97. The maximum absolute atomic E-state index is 11.7. The molecule has 0 fully saturated rings. The van der Waals surface area contributed by atoms with Crippen LogP contribution in [0, 0.1) is 0 Å². The van der Waals surface area contributed by atoms with Crippen LogP contribution in [0.5, 0.6) is 5.75 Å². The largest absolute Gasteiger partial charge is 0.507 e. The van der Waals surface area contributed by atoms with Gasteiger partial charge in [0.25, 0.3) is 5.91 Å². The molecule has 0 unspecified atom stereocenters. The van der Waals surface area contributed by atoms with Gasteiger partial charge in [-0.1, -0.05) is 11.6 Å². The van der Waals surface area contributed by atoms with Crippen molar-refractivity contribution >= 4 is 23.4 Å². The summed E-state index contributed by atoms with van der Waals surface area (Å²) in [6.45, 7) is 3.51. The molecule has 1 aromatic rings. The van der Waals surface area contributed by atoms with Crippen LogP contribution in [0.2, 0.25) is 5.02 Å². The van der Waals surface area contributed by atoms with Crippen LogP contribution in [-0.4, -0.2) is 29.5 Å². The van der Waals surface area contributed by atoms with Gasteiger partial charge in [-0.25, -0.2) is 0 Å². The molecular formula is C12H15ClN2O3. The molecule has 0 atom stereocenters. The second-order valence-corrected chi connectivity index (χ2v) is 4.50. The fraction of sp³-hybridized carbons (Fsp3) is 0.333. The Morgan fingerprint density at radius 1 is 1.39 bits per heavy atom. The standard InChI is InChI=1S/C12H15ClN2O3/c1-7(2)15-11(17)6-14-12(18)9-4-3-8(13)5-10(9)16/h3-5,7,16H,6H2,1-2H3,(H,14,18)(H,15,17). The topological polar surface area (TPSA) is 78.4 Å². The summed E-state index contributed by atoms with van der Waals surface area (Å²) in [5, 5.41) is 14.9. The minimum absolute atomic E-state index is 0.0123. The molecule has 3 N–H and O–H groups in total. The molecule has 0 aliphatic heterocycles. The van der Waals surface area contributed by atoms with E-state index in [2.05, 4.69) is 10.6 Å². The highest BCUT2D eigenvalue weighted by Gasteiger charge is 2.12. The second kappa shape index (κ2) is 6.26. The van der Waals surface area contributed by atoms with Crippen molar-refractivity contribution in [2.45, 2.75) is 19.9 Å². The maximum Gasteiger partial charge on any atom is 0.255 e. The van der Waals surface area contributed by atoms with Crippen molar-refractivity contribution in [2.24, 2.45) is 0 Å². The van der Waals surface area contributed by atoms with Crippen molar-refractivity contribution < 1.29 is 14.7 Å². The van der Waals surface area contributed by atoms with E-state index in [9.17, 15) is 14.7 Å². The van der Waals surface area contributed by atoms with Gasteiger partial charge in [0, 0.05) is 11.1 Å². The van der Waals surface area contributed by atoms with E-state index in [1.54, 1.807) is 0 Å². The normalized spacial score (nSPS) is 10.2. The predicted molar refractivity (Wildman–Crippen MR) is 68.7 cm³/mol. The Morgan fingerprint density at radius 2 is 2.06 bits per heavy atom. The molecule has 6 heteroatoms. The van der Waals surface area contributed by atoms with Crippen molar-refractivity contribution in [1.82, 2.24) is 10.6 Å². The lowest BCUT2D eigenvalue weighted by Gasteiger charge is -2.10. The third-order valence-electron chi connectivity index (χ3n) is 2.06. The van der Waals surface area contributed by atoms with Gasteiger partial charge in [-0.3, -0.25) is 9.59 Å². The number of phenolic OH excluding ortho intramolecular Hbond substituents is 1. The summed E-state index contributed by atoms with van der Waals surface area (Å²) in [7, 11) is 0. The van der Waals surface area contributed by atoms with Gasteiger partial charge in [-0.2, -0.15) is 0 Å². The van der Waals surface area contributed by atoms with E-state index in [-0.39, 0.29) is 29.8 Å². The first-order chi connectivity index (χ1) is 8.40. The third-order valence-corrected chi connectivity index (χ3v) is 2.30. The Hall–Kier alpha value is -1.75. The molecule has 0 aliphatic rings. The van der Waals surface area contributed by atoms with Crippen molar-refractivity contribution in [2.75, 3.05) is 6.54 Å². The number of halogens is 1. The number of benzene rings is 1. The molecule has 0 aliphatic carbocycles. The molecule has 0 aromatic heterocycles. The molecule has 1 aromatic carbocycles. The average molecular weight is 271 g/mol. The van der Waals surface area contributed by atoms with Crippen molar-refractivity contribution in [3.63, 3.8) is 0 Å². The van der Waals surface area contributed by atoms with Crippen LogP contribution in [0.3, 0.4) is 0 Å². The number of hydrogen-bond acceptors (Lipinski definition) is 3. The van der Waals surface area contributed by atoms with Gasteiger partial charge < -0.3 is 15.7 Å². The number of hydrogen-bond donors (Lipinski definition) is 3. The van der Waals surface area contributed by atoms with E-state index in [1.165, 1.54) is 18.2 Å². The van der Waals surface area contributed by atoms with Crippen LogP contribution in [0.1, 0.15) is 24.2 Å². The molecule has 98 valence electrons. The lowest BCUT2D eigenvalue weighted by molar-refractivity contribution is -0.120. The molecule has 0 bridgehead atoms. The zero-order chi connectivity index (χ0) is 13.7. The van der Waals surface area contributed by atoms with Crippen LogP contribution in [0.15, 0.2) is 18.2 Å². The molecule has 0 radical (unpaired) electrons. The highest BCUT2D eigenvalue weighted by molar-refractivity contribution is 6.30. The number of phenols is 1. The molecule has 1 rings (SSSR count). The maximum atomic E-state index is 11.7. The zero-order valence-electron chi connectivity index (χ0n) is 10.2. The van der Waals surface area contributed by atoms with Gasteiger partial charge >= 0.3 is 0 Å². The quantitative estimate of drug-likeness (QED) is 0.772. The fourth-order valence-corrected chi connectivity index (χ4v) is 1.49. The molecular weight excluding hydrogens is 256 g/mol. The van der Waals surface area contributed by atoms with Gasteiger partial charge in [0.2, 0.25) is 5.91 Å². The van der Waals surface area contributed by atoms with Crippen LogP contribution in [-0.2, 0) is 4.79 Å². The Morgan fingerprint density at radius 3 is 2.61 bits per heavy atom. The Labute approximate surface area is 110 Å². The molecule has 0 saturated heterocycles. The summed E-state index contributed by atoms with van der Waals surface area (Å²) in [5.41, 5.74) is 0.0803. The van der Waals surface area contributed by atoms with E-state index < -0.39 is 5.91 Å². The smallest absolute Gasteiger partial charge is 0.255 e. The highest BCUT2D eigenvalue weighted by Crippen LogP contribution is 2.21. The summed E-state index contributed by atoms with van der Waals surface area (Å²) >= 11 is 5.65. The summed E-state index contributed by atoms with van der Waals surface area (Å²) in [6, 6.07) is 4.17. The van der Waals surface area contributed by atoms with Crippen LogP contribution in [0.25, 0.3) is 0 Å². The zero-order valence-corrected chi connectivity index (χ0v) is 10.9. The lowest BCUT2D eigenvalue weighted by Crippen LogP contribution is -2.39. The van der Waals surface area contributed by atoms with Gasteiger partial charge in [0.05, 0.1) is 12.1 Å². The minimum Gasteiger partial charge on any atom is -0.507 e. The summed E-state index contributed by atoms with van der Waals surface area (Å²) in [4.78, 5) is 23.0. The first-order valence-electron chi connectivity index (χ1n) is 5.46. The van der Waals surface area contributed by atoms with Crippen LogP contribution in [0.4, 0.5) is 0 Å². The Balaban J connectivity index is 2.58. The average Bonchev–Trinajstić information content (AvgIpc) is 2.25. The highest BCUT2D eigenvalue weighted by atomic mass is 35.5. The molecule has 18 heavy (non-hydrogen) atoms. The monoisotopic (exact) mass is 270 g/mol. The molecule has 5 nitrogen and oxygen atoms in total. The van der Waals surface area contributed by atoms with E-state index in [0.29, 0.717) is 5.02 Å². The third kappa shape index (κ3) is 4.25. The number of nitrogens with one attached hydrogen (secondary N) is 2. The SMILES string of the molecule is CC(C)NC(=O)CNC(=O)c1ccc(Cl)cc1O. The molecule has 0 spiro atoms. The number of carbonyl (C=O) groups is 2. The summed E-state index contributed by atoms with van der Waals surface area (Å²) in [6.07, 6.45) is 0. The van der Waals surface area contributed by atoms with Gasteiger partial charge in [0.1, 0.15) is 5.75 Å². The summed E-state index contributed by atoms with van der Waals surface area (Å²) in [5.74, 6) is -1.03. The predicted octanol–water partition coefficient (Wildman–Crippen LogP) is 1.30. The first-order valence-corrected chi connectivity index (χ1v) is 5.84. The van der Waals surface area contributed by atoms with Crippen molar-refractivity contribution in [3.8, 4) is 5.75 Å². The number of rotatable bonds is 4. The molecule has 0 heterocycles. The van der Waals surface area contributed by atoms with Crippen molar-refractivity contribution in [1.29, 1.82) is 0 Å². The summed E-state index contributed by atoms with van der Waals surface area (Å²) < 4.78 is 0. The van der Waals surface area contributed by atoms with Gasteiger partial charge in [-0.05, 0) is 32.0 Å². The van der Waals surface area contributed by atoms with E-state index in [0.717, 1.165) is 0 Å². The molecule has 2 amide bonds. The van der Waals surface area contributed by atoms with Gasteiger partial charge in [0.15, 0.2) is 0 Å². The Bertz CT molecular complexity index is 461. The van der Waals surface area contributed by atoms with Crippen LogP contribution < -0.4 is 10.6 Å². The number of aromatic hydroxyl groups is 1.